The number of aryl methyl sites for hydroxylation is 1. The molecule has 114 valence electrons. The first kappa shape index (κ1) is 15.2. The minimum absolute atomic E-state index is 0.0656. The van der Waals surface area contributed by atoms with Gasteiger partial charge in [-0.2, -0.15) is 0 Å². The van der Waals surface area contributed by atoms with Crippen molar-refractivity contribution in [3.8, 4) is 0 Å². The number of amides is 1. The van der Waals surface area contributed by atoms with E-state index in [0.717, 1.165) is 23.0 Å². The Balaban J connectivity index is 1.82. The standard InChI is InChI=1S/C17H18BrN3O/c1-10(2)16-14(8-19-9-20-16)17(22)21-15-6-3-11-7-12(18)4-5-13(11)15/h4-5,7-10,15H,3,6H2,1-2H3,(H,21,22). The molecule has 0 fully saturated rings. The molecule has 1 amide bonds. The lowest BCUT2D eigenvalue weighted by Crippen LogP contribution is -2.28. The average Bonchev–Trinajstić information content (AvgIpc) is 2.89. The molecule has 1 atom stereocenters. The highest BCUT2D eigenvalue weighted by molar-refractivity contribution is 9.10. The number of rotatable bonds is 3. The number of halogens is 1. The molecule has 22 heavy (non-hydrogen) atoms. The van der Waals surface area contributed by atoms with Gasteiger partial charge in [0.1, 0.15) is 6.33 Å². The second-order valence-electron chi connectivity index (χ2n) is 5.88. The van der Waals surface area contributed by atoms with Gasteiger partial charge in [-0.25, -0.2) is 9.97 Å². The van der Waals surface area contributed by atoms with Gasteiger partial charge >= 0.3 is 0 Å². The monoisotopic (exact) mass is 359 g/mol. The van der Waals surface area contributed by atoms with Crippen LogP contribution in [0.15, 0.2) is 35.2 Å². The molecule has 0 spiro atoms. The number of nitrogens with zero attached hydrogens (tertiary/aromatic N) is 2. The van der Waals surface area contributed by atoms with Crippen LogP contribution < -0.4 is 5.32 Å². The zero-order chi connectivity index (χ0) is 15.7. The average molecular weight is 360 g/mol. The lowest BCUT2D eigenvalue weighted by Gasteiger charge is -2.16. The normalized spacial score (nSPS) is 16.6. The van der Waals surface area contributed by atoms with Gasteiger partial charge in [0, 0.05) is 10.7 Å². The maximum atomic E-state index is 12.6. The summed E-state index contributed by atoms with van der Waals surface area (Å²) < 4.78 is 1.08. The molecule has 1 aromatic carbocycles. The van der Waals surface area contributed by atoms with Gasteiger partial charge in [-0.3, -0.25) is 4.79 Å². The quantitative estimate of drug-likeness (QED) is 0.906. The van der Waals surface area contributed by atoms with Crippen LogP contribution in [0.1, 0.15) is 59.4 Å². The maximum absolute atomic E-state index is 12.6. The van der Waals surface area contributed by atoms with E-state index < -0.39 is 0 Å². The van der Waals surface area contributed by atoms with Crippen molar-refractivity contribution < 1.29 is 4.79 Å². The molecule has 1 aliphatic carbocycles. The lowest BCUT2D eigenvalue weighted by atomic mass is 10.0. The fourth-order valence-corrected chi connectivity index (χ4v) is 3.35. The summed E-state index contributed by atoms with van der Waals surface area (Å²) in [5, 5.41) is 3.13. The van der Waals surface area contributed by atoms with Crippen molar-refractivity contribution in [2.45, 2.75) is 38.6 Å². The number of fused-ring (bicyclic) bond motifs is 1. The molecule has 0 saturated carbocycles. The van der Waals surface area contributed by atoms with Crippen LogP contribution in [-0.2, 0) is 6.42 Å². The number of hydrogen-bond donors (Lipinski definition) is 1. The summed E-state index contributed by atoms with van der Waals surface area (Å²) in [5.74, 6) is 0.0978. The third-order valence-corrected chi connectivity index (χ3v) is 4.52. The van der Waals surface area contributed by atoms with Gasteiger partial charge in [0.15, 0.2) is 0 Å². The first-order valence-electron chi connectivity index (χ1n) is 7.45. The van der Waals surface area contributed by atoms with Crippen molar-refractivity contribution >= 4 is 21.8 Å². The molecule has 5 heteroatoms. The van der Waals surface area contributed by atoms with Crippen LogP contribution in [0, 0.1) is 0 Å². The summed E-state index contributed by atoms with van der Waals surface area (Å²) in [4.78, 5) is 20.9. The largest absolute Gasteiger partial charge is 0.345 e. The highest BCUT2D eigenvalue weighted by Gasteiger charge is 2.25. The van der Waals surface area contributed by atoms with E-state index in [2.05, 4.69) is 43.3 Å². The lowest BCUT2D eigenvalue weighted by molar-refractivity contribution is 0.0934. The Morgan fingerprint density at radius 2 is 2.23 bits per heavy atom. The summed E-state index contributed by atoms with van der Waals surface area (Å²) in [6.07, 6.45) is 5.02. The van der Waals surface area contributed by atoms with Crippen molar-refractivity contribution in [2.24, 2.45) is 0 Å². The SMILES string of the molecule is CC(C)c1ncncc1C(=O)NC1CCc2cc(Br)ccc21. The summed E-state index contributed by atoms with van der Waals surface area (Å²) >= 11 is 3.49. The molecular weight excluding hydrogens is 342 g/mol. The fourth-order valence-electron chi connectivity index (χ4n) is 2.95. The van der Waals surface area contributed by atoms with E-state index in [1.54, 1.807) is 6.20 Å². The van der Waals surface area contributed by atoms with Crippen LogP contribution >= 0.6 is 15.9 Å². The van der Waals surface area contributed by atoms with Crippen molar-refractivity contribution in [2.75, 3.05) is 0 Å². The first-order chi connectivity index (χ1) is 10.6. The van der Waals surface area contributed by atoms with Gasteiger partial charge in [-0.1, -0.05) is 35.8 Å². The van der Waals surface area contributed by atoms with E-state index >= 15 is 0 Å². The van der Waals surface area contributed by atoms with Gasteiger partial charge in [0.25, 0.3) is 5.91 Å². The maximum Gasteiger partial charge on any atom is 0.255 e. The molecule has 1 heterocycles. The molecule has 0 saturated heterocycles. The summed E-state index contributed by atoms with van der Waals surface area (Å²) in [5.41, 5.74) is 3.87. The molecule has 1 N–H and O–H groups in total. The van der Waals surface area contributed by atoms with Crippen LogP contribution in [0.25, 0.3) is 0 Å². The topological polar surface area (TPSA) is 54.9 Å². The summed E-state index contributed by atoms with van der Waals surface area (Å²) in [7, 11) is 0. The molecule has 3 rings (SSSR count). The van der Waals surface area contributed by atoms with Crippen molar-refractivity contribution in [3.05, 3.63) is 57.6 Å². The molecule has 2 aromatic rings. The Morgan fingerprint density at radius 3 is 3.00 bits per heavy atom. The number of carbonyl (C=O) groups excluding carboxylic acids is 1. The van der Waals surface area contributed by atoms with Crippen LogP contribution in [0.2, 0.25) is 0 Å². The van der Waals surface area contributed by atoms with Crippen molar-refractivity contribution in [3.63, 3.8) is 0 Å². The molecule has 0 aliphatic heterocycles. The van der Waals surface area contributed by atoms with E-state index in [-0.39, 0.29) is 17.9 Å². The van der Waals surface area contributed by atoms with Crippen LogP contribution in [0.3, 0.4) is 0 Å². The third-order valence-electron chi connectivity index (χ3n) is 4.02. The molecule has 4 nitrogen and oxygen atoms in total. The van der Waals surface area contributed by atoms with E-state index in [1.807, 2.05) is 19.9 Å². The van der Waals surface area contributed by atoms with E-state index in [4.69, 9.17) is 0 Å². The Bertz CT molecular complexity index is 715. The van der Waals surface area contributed by atoms with Gasteiger partial charge in [0.2, 0.25) is 0 Å². The van der Waals surface area contributed by atoms with Gasteiger partial charge in [-0.15, -0.1) is 0 Å². The third kappa shape index (κ3) is 2.90. The zero-order valence-corrected chi connectivity index (χ0v) is 14.2. The number of carbonyl (C=O) groups is 1. The highest BCUT2D eigenvalue weighted by atomic mass is 79.9. The minimum atomic E-state index is -0.0925. The molecule has 0 bridgehead atoms. The smallest absolute Gasteiger partial charge is 0.255 e. The summed E-state index contributed by atoms with van der Waals surface area (Å²) in [6.45, 7) is 4.06. The van der Waals surface area contributed by atoms with Crippen molar-refractivity contribution in [1.29, 1.82) is 0 Å². The van der Waals surface area contributed by atoms with Crippen LogP contribution in [-0.4, -0.2) is 15.9 Å². The van der Waals surface area contributed by atoms with Gasteiger partial charge in [0.05, 0.1) is 17.3 Å². The number of aromatic nitrogens is 2. The van der Waals surface area contributed by atoms with Crippen molar-refractivity contribution in [1.82, 2.24) is 15.3 Å². The Hall–Kier alpha value is -1.75. The van der Waals surface area contributed by atoms with E-state index in [0.29, 0.717) is 5.56 Å². The second kappa shape index (κ2) is 6.16. The predicted octanol–water partition coefficient (Wildman–Crippen LogP) is 3.78. The zero-order valence-electron chi connectivity index (χ0n) is 12.6. The van der Waals surface area contributed by atoms with Gasteiger partial charge in [-0.05, 0) is 42.0 Å². The fraction of sp³-hybridized carbons (Fsp3) is 0.353. The molecule has 1 aliphatic rings. The van der Waals surface area contributed by atoms with Crippen LogP contribution in [0.5, 0.6) is 0 Å². The Kier molecular flexibility index (Phi) is 4.25. The Labute approximate surface area is 138 Å². The molecular formula is C17H18BrN3O. The number of benzene rings is 1. The Morgan fingerprint density at radius 1 is 1.41 bits per heavy atom. The first-order valence-corrected chi connectivity index (χ1v) is 8.24. The molecule has 0 radical (unpaired) electrons. The minimum Gasteiger partial charge on any atom is -0.345 e. The van der Waals surface area contributed by atoms with Gasteiger partial charge < -0.3 is 5.32 Å². The summed E-state index contributed by atoms with van der Waals surface area (Å²) in [6, 6.07) is 6.31. The number of hydrogen-bond acceptors (Lipinski definition) is 3. The van der Waals surface area contributed by atoms with E-state index in [9.17, 15) is 4.79 Å². The number of nitrogens with one attached hydrogen (secondary N) is 1. The second-order valence-corrected chi connectivity index (χ2v) is 6.80. The van der Waals surface area contributed by atoms with Crippen LogP contribution in [0.4, 0.5) is 0 Å². The molecule has 1 unspecified atom stereocenters. The molecule has 1 aromatic heterocycles. The van der Waals surface area contributed by atoms with E-state index in [1.165, 1.54) is 17.5 Å². The predicted molar refractivity (Wildman–Crippen MR) is 88.8 cm³/mol. The highest BCUT2D eigenvalue weighted by Crippen LogP contribution is 2.33.